The van der Waals surface area contributed by atoms with Crippen molar-refractivity contribution in [2.45, 2.75) is 32.2 Å². The fraction of sp³-hybridized carbons (Fsp3) is 0.667. The first kappa shape index (κ1) is 7.80. The van der Waals surface area contributed by atoms with E-state index in [-0.39, 0.29) is 5.54 Å². The lowest BCUT2D eigenvalue weighted by Crippen LogP contribution is -2.35. The van der Waals surface area contributed by atoms with E-state index in [4.69, 9.17) is 10.3 Å². The maximum absolute atomic E-state index is 6.13. The van der Waals surface area contributed by atoms with Crippen LogP contribution in [0.15, 0.2) is 10.6 Å². The minimum Gasteiger partial charge on any atom is -0.361 e. The molecule has 1 aromatic heterocycles. The lowest BCUT2D eigenvalue weighted by Gasteiger charge is -2.20. The van der Waals surface area contributed by atoms with Crippen LogP contribution in [-0.4, -0.2) is 5.16 Å². The first-order chi connectivity index (χ1) is 5.60. The van der Waals surface area contributed by atoms with Crippen LogP contribution < -0.4 is 5.73 Å². The molecular formula is C9H14N2O. The van der Waals surface area contributed by atoms with Crippen LogP contribution in [0.3, 0.4) is 0 Å². The fourth-order valence-electron chi connectivity index (χ4n) is 1.51. The molecule has 66 valence electrons. The predicted molar refractivity (Wildman–Crippen MR) is 45.5 cm³/mol. The Hall–Kier alpha value is -0.830. The molecule has 0 spiro atoms. The van der Waals surface area contributed by atoms with Gasteiger partial charge in [-0.25, -0.2) is 0 Å². The van der Waals surface area contributed by atoms with Gasteiger partial charge >= 0.3 is 0 Å². The van der Waals surface area contributed by atoms with E-state index in [0.29, 0.717) is 5.92 Å². The molecule has 1 fully saturated rings. The van der Waals surface area contributed by atoms with Gasteiger partial charge < -0.3 is 10.3 Å². The van der Waals surface area contributed by atoms with Crippen LogP contribution in [0.5, 0.6) is 0 Å². The van der Waals surface area contributed by atoms with Crippen molar-refractivity contribution in [2.75, 3.05) is 0 Å². The summed E-state index contributed by atoms with van der Waals surface area (Å²) in [4.78, 5) is 0. The Morgan fingerprint density at radius 3 is 2.75 bits per heavy atom. The van der Waals surface area contributed by atoms with E-state index in [9.17, 15) is 0 Å². The second-order valence-electron chi connectivity index (χ2n) is 3.88. The predicted octanol–water partition coefficient (Wildman–Crippen LogP) is 1.57. The van der Waals surface area contributed by atoms with E-state index in [0.717, 1.165) is 11.5 Å². The highest BCUT2D eigenvalue weighted by Crippen LogP contribution is 2.43. The van der Waals surface area contributed by atoms with Gasteiger partial charge in [-0.15, -0.1) is 0 Å². The molecular weight excluding hydrogens is 152 g/mol. The summed E-state index contributed by atoms with van der Waals surface area (Å²) in [7, 11) is 0. The molecule has 1 heterocycles. The highest BCUT2D eigenvalue weighted by molar-refractivity contribution is 5.17. The third-order valence-corrected chi connectivity index (χ3v) is 2.61. The highest BCUT2D eigenvalue weighted by atomic mass is 16.5. The van der Waals surface area contributed by atoms with Crippen molar-refractivity contribution >= 4 is 0 Å². The van der Waals surface area contributed by atoms with E-state index in [2.05, 4.69) is 5.16 Å². The van der Waals surface area contributed by atoms with Crippen molar-refractivity contribution in [3.63, 3.8) is 0 Å². The number of hydrogen-bond acceptors (Lipinski definition) is 3. The molecule has 0 aliphatic heterocycles. The van der Waals surface area contributed by atoms with Crippen LogP contribution in [0.4, 0.5) is 0 Å². The molecule has 1 unspecified atom stereocenters. The molecule has 2 rings (SSSR count). The third-order valence-electron chi connectivity index (χ3n) is 2.61. The van der Waals surface area contributed by atoms with Gasteiger partial charge in [-0.05, 0) is 32.6 Å². The molecule has 0 amide bonds. The Morgan fingerprint density at radius 1 is 1.67 bits per heavy atom. The van der Waals surface area contributed by atoms with Crippen LogP contribution in [0.1, 0.15) is 31.2 Å². The van der Waals surface area contributed by atoms with Gasteiger partial charge in [0.2, 0.25) is 0 Å². The van der Waals surface area contributed by atoms with E-state index in [1.807, 2.05) is 19.9 Å². The molecule has 3 nitrogen and oxygen atoms in total. The molecule has 1 aromatic rings. The zero-order chi connectivity index (χ0) is 8.77. The highest BCUT2D eigenvalue weighted by Gasteiger charge is 2.41. The minimum atomic E-state index is -0.280. The molecule has 0 aromatic carbocycles. The van der Waals surface area contributed by atoms with Gasteiger partial charge in [0.05, 0.1) is 5.54 Å². The minimum absolute atomic E-state index is 0.280. The van der Waals surface area contributed by atoms with Gasteiger partial charge in [-0.3, -0.25) is 0 Å². The van der Waals surface area contributed by atoms with Crippen LogP contribution in [0, 0.1) is 12.8 Å². The fourth-order valence-corrected chi connectivity index (χ4v) is 1.51. The van der Waals surface area contributed by atoms with Crippen LogP contribution in [0.25, 0.3) is 0 Å². The topological polar surface area (TPSA) is 52.0 Å². The van der Waals surface area contributed by atoms with E-state index in [1.54, 1.807) is 0 Å². The summed E-state index contributed by atoms with van der Waals surface area (Å²) in [6, 6.07) is 1.93. The number of rotatable bonds is 2. The summed E-state index contributed by atoms with van der Waals surface area (Å²) >= 11 is 0. The van der Waals surface area contributed by atoms with Gasteiger partial charge in [0, 0.05) is 6.07 Å². The maximum atomic E-state index is 6.13. The Kier molecular flexibility index (Phi) is 1.51. The molecule has 0 saturated heterocycles. The molecule has 2 N–H and O–H groups in total. The van der Waals surface area contributed by atoms with Crippen molar-refractivity contribution in [3.8, 4) is 0 Å². The standard InChI is InChI=1S/C9H14N2O/c1-6-5-8(11-12-6)9(2,10)7-3-4-7/h5,7H,3-4,10H2,1-2H3. The van der Waals surface area contributed by atoms with E-state index < -0.39 is 0 Å². The van der Waals surface area contributed by atoms with Gasteiger partial charge in [0.25, 0.3) is 0 Å². The molecule has 1 saturated carbocycles. The summed E-state index contributed by atoms with van der Waals surface area (Å²) < 4.78 is 5.00. The number of hydrogen-bond donors (Lipinski definition) is 1. The molecule has 0 radical (unpaired) electrons. The second-order valence-corrected chi connectivity index (χ2v) is 3.88. The van der Waals surface area contributed by atoms with Crippen LogP contribution in [0.2, 0.25) is 0 Å². The van der Waals surface area contributed by atoms with Crippen molar-refractivity contribution in [3.05, 3.63) is 17.5 Å². The molecule has 0 bridgehead atoms. The van der Waals surface area contributed by atoms with E-state index >= 15 is 0 Å². The largest absolute Gasteiger partial charge is 0.361 e. The van der Waals surface area contributed by atoms with Crippen molar-refractivity contribution < 1.29 is 4.52 Å². The lowest BCUT2D eigenvalue weighted by molar-refractivity contribution is 0.346. The first-order valence-corrected chi connectivity index (χ1v) is 4.33. The lowest BCUT2D eigenvalue weighted by atomic mass is 9.93. The maximum Gasteiger partial charge on any atom is 0.134 e. The summed E-state index contributed by atoms with van der Waals surface area (Å²) in [6.45, 7) is 3.92. The Balaban J connectivity index is 2.27. The smallest absolute Gasteiger partial charge is 0.134 e. The second kappa shape index (κ2) is 2.33. The van der Waals surface area contributed by atoms with Gasteiger partial charge in [0.1, 0.15) is 11.5 Å². The van der Waals surface area contributed by atoms with Gasteiger partial charge in [-0.1, -0.05) is 5.16 Å². The van der Waals surface area contributed by atoms with Crippen molar-refractivity contribution in [1.29, 1.82) is 0 Å². The number of aromatic nitrogens is 1. The zero-order valence-electron chi connectivity index (χ0n) is 7.50. The van der Waals surface area contributed by atoms with Gasteiger partial charge in [0.15, 0.2) is 0 Å². The molecule has 1 atom stereocenters. The normalized spacial score (nSPS) is 22.2. The zero-order valence-corrected chi connectivity index (χ0v) is 7.50. The van der Waals surface area contributed by atoms with Crippen molar-refractivity contribution in [1.82, 2.24) is 5.16 Å². The molecule has 12 heavy (non-hydrogen) atoms. The van der Waals surface area contributed by atoms with Gasteiger partial charge in [-0.2, -0.15) is 0 Å². The summed E-state index contributed by atoms with van der Waals surface area (Å²) in [5.74, 6) is 1.43. The Bertz CT molecular complexity index is 286. The Labute approximate surface area is 71.9 Å². The van der Waals surface area contributed by atoms with Crippen LogP contribution in [-0.2, 0) is 5.54 Å². The Morgan fingerprint density at radius 2 is 2.33 bits per heavy atom. The summed E-state index contributed by atoms with van der Waals surface area (Å²) in [6.07, 6.45) is 2.44. The van der Waals surface area contributed by atoms with Crippen molar-refractivity contribution in [2.24, 2.45) is 11.7 Å². The quantitative estimate of drug-likeness (QED) is 0.725. The number of aryl methyl sites for hydroxylation is 1. The molecule has 1 aliphatic carbocycles. The summed E-state index contributed by atoms with van der Waals surface area (Å²) in [5, 5.41) is 3.95. The molecule has 1 aliphatic rings. The first-order valence-electron chi connectivity index (χ1n) is 4.33. The third kappa shape index (κ3) is 1.14. The summed E-state index contributed by atoms with van der Waals surface area (Å²) in [5.41, 5.74) is 6.75. The SMILES string of the molecule is Cc1cc(C(C)(N)C2CC2)no1. The monoisotopic (exact) mass is 166 g/mol. The van der Waals surface area contributed by atoms with Crippen LogP contribution >= 0.6 is 0 Å². The average Bonchev–Trinajstić information content (AvgIpc) is 2.75. The number of nitrogens with two attached hydrogens (primary N) is 1. The van der Waals surface area contributed by atoms with E-state index in [1.165, 1.54) is 12.8 Å². The number of nitrogens with zero attached hydrogens (tertiary/aromatic N) is 1. The average molecular weight is 166 g/mol. The molecule has 3 heteroatoms.